The normalized spacial score (nSPS) is 10.9. The molecule has 1 aromatic carbocycles. The van der Waals surface area contributed by atoms with Crippen LogP contribution in [0.15, 0.2) is 29.3 Å². The molecule has 0 unspecified atom stereocenters. The van der Waals surface area contributed by atoms with Gasteiger partial charge < -0.3 is 0 Å². The molecular formula is C11H11ClN2OS. The van der Waals surface area contributed by atoms with Crippen LogP contribution in [-0.4, -0.2) is 21.6 Å². The molecule has 1 aromatic heterocycles. The van der Waals surface area contributed by atoms with Gasteiger partial charge in [0.05, 0.1) is 22.3 Å². The van der Waals surface area contributed by atoms with Gasteiger partial charge in [0.2, 0.25) is 0 Å². The van der Waals surface area contributed by atoms with Crippen molar-refractivity contribution in [3.63, 3.8) is 0 Å². The van der Waals surface area contributed by atoms with E-state index in [1.54, 1.807) is 40.9 Å². The summed E-state index contributed by atoms with van der Waals surface area (Å²) in [6.45, 7) is 0.676. The van der Waals surface area contributed by atoms with E-state index in [-0.39, 0.29) is 5.56 Å². The van der Waals surface area contributed by atoms with Crippen molar-refractivity contribution < 1.29 is 0 Å². The third-order valence-electron chi connectivity index (χ3n) is 2.34. The summed E-state index contributed by atoms with van der Waals surface area (Å²) in [5, 5.41) is 1.10. The third-order valence-corrected chi connectivity index (χ3v) is 3.24. The Morgan fingerprint density at radius 2 is 2.31 bits per heavy atom. The first-order valence-electron chi connectivity index (χ1n) is 4.86. The van der Waals surface area contributed by atoms with Crippen LogP contribution in [0.5, 0.6) is 0 Å². The largest absolute Gasteiger partial charge is 0.298 e. The lowest BCUT2D eigenvalue weighted by Gasteiger charge is -2.05. The summed E-state index contributed by atoms with van der Waals surface area (Å²) < 4.78 is 1.62. The molecule has 5 heteroatoms. The van der Waals surface area contributed by atoms with Gasteiger partial charge >= 0.3 is 0 Å². The smallest absolute Gasteiger partial charge is 0.261 e. The summed E-state index contributed by atoms with van der Waals surface area (Å²) >= 11 is 7.67. The van der Waals surface area contributed by atoms with E-state index in [0.29, 0.717) is 22.5 Å². The Balaban J connectivity index is 2.57. The van der Waals surface area contributed by atoms with E-state index in [4.69, 9.17) is 11.6 Å². The van der Waals surface area contributed by atoms with E-state index in [9.17, 15) is 4.79 Å². The Morgan fingerprint density at radius 3 is 3.06 bits per heavy atom. The molecule has 0 aliphatic carbocycles. The number of hydrogen-bond acceptors (Lipinski definition) is 3. The van der Waals surface area contributed by atoms with Crippen LogP contribution in [-0.2, 0) is 6.54 Å². The van der Waals surface area contributed by atoms with Crippen molar-refractivity contribution in [2.75, 3.05) is 12.0 Å². The molecular weight excluding hydrogens is 244 g/mol. The fourth-order valence-electron chi connectivity index (χ4n) is 1.50. The van der Waals surface area contributed by atoms with Gasteiger partial charge in [0, 0.05) is 12.3 Å². The van der Waals surface area contributed by atoms with Crippen LogP contribution >= 0.6 is 23.4 Å². The van der Waals surface area contributed by atoms with Gasteiger partial charge in [-0.15, -0.1) is 0 Å². The average Bonchev–Trinajstić information content (AvgIpc) is 2.29. The first-order valence-corrected chi connectivity index (χ1v) is 6.64. The van der Waals surface area contributed by atoms with Crippen LogP contribution < -0.4 is 5.56 Å². The van der Waals surface area contributed by atoms with Gasteiger partial charge in [-0.2, -0.15) is 11.8 Å². The lowest BCUT2D eigenvalue weighted by Crippen LogP contribution is -2.21. The van der Waals surface area contributed by atoms with Crippen LogP contribution in [0.3, 0.4) is 0 Å². The second kappa shape index (κ2) is 4.89. The number of halogens is 1. The van der Waals surface area contributed by atoms with Crippen molar-refractivity contribution >= 4 is 34.3 Å². The van der Waals surface area contributed by atoms with Gasteiger partial charge in [0.25, 0.3) is 5.56 Å². The molecule has 0 fully saturated rings. The summed E-state index contributed by atoms with van der Waals surface area (Å²) in [7, 11) is 0. The summed E-state index contributed by atoms with van der Waals surface area (Å²) in [5.41, 5.74) is 0.552. The van der Waals surface area contributed by atoms with Crippen molar-refractivity contribution in [1.29, 1.82) is 0 Å². The number of nitrogens with zero attached hydrogens (tertiary/aromatic N) is 2. The zero-order valence-electron chi connectivity index (χ0n) is 8.81. The maximum Gasteiger partial charge on any atom is 0.261 e. The summed E-state index contributed by atoms with van der Waals surface area (Å²) in [4.78, 5) is 16.3. The van der Waals surface area contributed by atoms with Gasteiger partial charge in [-0.25, -0.2) is 4.98 Å². The Kier molecular flexibility index (Phi) is 3.51. The van der Waals surface area contributed by atoms with E-state index < -0.39 is 0 Å². The zero-order chi connectivity index (χ0) is 11.5. The van der Waals surface area contributed by atoms with Gasteiger partial charge in [-0.1, -0.05) is 17.7 Å². The fourth-order valence-corrected chi connectivity index (χ4v) is 2.11. The predicted molar refractivity (Wildman–Crippen MR) is 69.4 cm³/mol. The molecule has 0 spiro atoms. The van der Waals surface area contributed by atoms with Gasteiger partial charge in [0.15, 0.2) is 0 Å². The Bertz CT molecular complexity index is 567. The minimum atomic E-state index is -0.0263. The van der Waals surface area contributed by atoms with Crippen LogP contribution in [0.4, 0.5) is 0 Å². The molecule has 3 nitrogen and oxygen atoms in total. The average molecular weight is 255 g/mol. The standard InChI is InChI=1S/C11H11ClN2OS/c1-16-6-5-14-7-13-10-8(11(14)15)3-2-4-9(10)12/h2-4,7H,5-6H2,1H3. The number of benzene rings is 1. The monoisotopic (exact) mass is 254 g/mol. The molecule has 0 amide bonds. The highest BCUT2D eigenvalue weighted by atomic mass is 35.5. The van der Waals surface area contributed by atoms with E-state index in [0.717, 1.165) is 5.75 Å². The predicted octanol–water partition coefficient (Wildman–Crippen LogP) is 2.41. The number of aromatic nitrogens is 2. The minimum Gasteiger partial charge on any atom is -0.298 e. The number of rotatable bonds is 3. The first kappa shape index (κ1) is 11.5. The van der Waals surface area contributed by atoms with Crippen LogP contribution in [0.2, 0.25) is 5.02 Å². The lowest BCUT2D eigenvalue weighted by atomic mass is 10.2. The van der Waals surface area contributed by atoms with Crippen LogP contribution in [0, 0.1) is 0 Å². The van der Waals surface area contributed by atoms with Crippen LogP contribution in [0.1, 0.15) is 0 Å². The highest BCUT2D eigenvalue weighted by Crippen LogP contribution is 2.17. The number of hydrogen-bond donors (Lipinski definition) is 0. The van der Waals surface area contributed by atoms with E-state index in [2.05, 4.69) is 4.98 Å². The van der Waals surface area contributed by atoms with Crippen molar-refractivity contribution in [2.24, 2.45) is 0 Å². The Labute approximate surface area is 102 Å². The quantitative estimate of drug-likeness (QED) is 0.844. The molecule has 0 aliphatic rings. The second-order valence-corrected chi connectivity index (χ2v) is 4.76. The minimum absolute atomic E-state index is 0.0263. The van der Waals surface area contributed by atoms with Crippen molar-refractivity contribution in [3.05, 3.63) is 39.9 Å². The lowest BCUT2D eigenvalue weighted by molar-refractivity contribution is 0.725. The number of thioether (sulfide) groups is 1. The van der Waals surface area contributed by atoms with Crippen molar-refractivity contribution in [3.8, 4) is 0 Å². The SMILES string of the molecule is CSCCn1cnc2c(Cl)cccc2c1=O. The van der Waals surface area contributed by atoms with Gasteiger partial charge in [-0.3, -0.25) is 9.36 Å². The van der Waals surface area contributed by atoms with E-state index >= 15 is 0 Å². The van der Waals surface area contributed by atoms with Crippen molar-refractivity contribution in [2.45, 2.75) is 6.54 Å². The molecule has 84 valence electrons. The molecule has 0 N–H and O–H groups in total. The molecule has 0 aliphatic heterocycles. The Hall–Kier alpha value is -1.00. The molecule has 1 heterocycles. The van der Waals surface area contributed by atoms with Crippen LogP contribution in [0.25, 0.3) is 10.9 Å². The molecule has 0 saturated heterocycles. The third kappa shape index (κ3) is 2.08. The molecule has 0 radical (unpaired) electrons. The number of aryl methyl sites for hydroxylation is 1. The molecule has 2 aromatic rings. The van der Waals surface area contributed by atoms with E-state index in [1.807, 2.05) is 6.26 Å². The summed E-state index contributed by atoms with van der Waals surface area (Å²) in [6, 6.07) is 5.27. The van der Waals surface area contributed by atoms with Gasteiger partial charge in [0.1, 0.15) is 0 Å². The molecule has 16 heavy (non-hydrogen) atoms. The Morgan fingerprint density at radius 1 is 1.50 bits per heavy atom. The fraction of sp³-hybridized carbons (Fsp3) is 0.273. The van der Waals surface area contributed by atoms with E-state index in [1.165, 1.54) is 0 Å². The number of fused-ring (bicyclic) bond motifs is 1. The van der Waals surface area contributed by atoms with Crippen molar-refractivity contribution in [1.82, 2.24) is 9.55 Å². The molecule has 0 bridgehead atoms. The maximum absolute atomic E-state index is 12.0. The highest BCUT2D eigenvalue weighted by Gasteiger charge is 2.05. The molecule has 0 atom stereocenters. The second-order valence-electron chi connectivity index (χ2n) is 3.37. The zero-order valence-corrected chi connectivity index (χ0v) is 10.4. The molecule has 2 rings (SSSR count). The highest BCUT2D eigenvalue weighted by molar-refractivity contribution is 7.98. The molecule has 0 saturated carbocycles. The van der Waals surface area contributed by atoms with Gasteiger partial charge in [-0.05, 0) is 18.4 Å². The maximum atomic E-state index is 12.0. The topological polar surface area (TPSA) is 34.9 Å². The number of para-hydroxylation sites is 1. The summed E-state index contributed by atoms with van der Waals surface area (Å²) in [6.07, 6.45) is 3.57. The first-order chi connectivity index (χ1) is 7.74. The summed E-state index contributed by atoms with van der Waals surface area (Å²) in [5.74, 6) is 0.896.